The molecule has 10 nitrogen and oxygen atoms in total. The zero-order valence-electron chi connectivity index (χ0n) is 23.3. The molecule has 5 aromatic rings. The summed E-state index contributed by atoms with van der Waals surface area (Å²) in [5.74, 6) is -1.35. The van der Waals surface area contributed by atoms with Gasteiger partial charge in [-0.3, -0.25) is 14.4 Å². The minimum Gasteiger partial charge on any atom is -0.505 e. The van der Waals surface area contributed by atoms with Gasteiger partial charge in [-0.25, -0.2) is 4.98 Å². The smallest absolute Gasteiger partial charge is 0.278 e. The molecule has 10 heteroatoms. The molecule has 2 aromatic heterocycles. The molecule has 212 valence electrons. The average Bonchev–Trinajstić information content (AvgIpc) is 3.37. The van der Waals surface area contributed by atoms with Crippen molar-refractivity contribution in [1.82, 2.24) is 19.8 Å². The highest BCUT2D eigenvalue weighted by Gasteiger charge is 2.23. The first-order valence-corrected chi connectivity index (χ1v) is 13.6. The van der Waals surface area contributed by atoms with Gasteiger partial charge in [0.15, 0.2) is 5.69 Å². The molecule has 0 radical (unpaired) electrons. The largest absolute Gasteiger partial charge is 0.505 e. The number of pyridine rings is 1. The third-order valence-electron chi connectivity index (χ3n) is 7.93. The van der Waals surface area contributed by atoms with Crippen LogP contribution in [0.25, 0.3) is 32.9 Å². The third-order valence-corrected chi connectivity index (χ3v) is 7.93. The normalized spacial score (nSPS) is 13.9. The fourth-order valence-corrected chi connectivity index (χ4v) is 5.58. The van der Waals surface area contributed by atoms with Crippen molar-refractivity contribution in [2.75, 3.05) is 38.5 Å². The molecular formula is C32H30N6O4. The first-order valence-electron chi connectivity index (χ1n) is 13.6. The van der Waals surface area contributed by atoms with Gasteiger partial charge in [0, 0.05) is 59.9 Å². The standard InChI is InChI=1S/C32H30N6O4/c1-18-20(5-3-6-24(18)36-31(41)29-26(39)7-4-12-34-29)21-10-11-23(30(33)40)28-27(21)22-9-8-19(17-25(22)35-28)32(42)38-15-13-37(2)14-16-38/h3-12,17,35,39H,13-16H2,1-2H3,(H2,33,40)(H,36,41). The number of rotatable bonds is 5. The van der Waals surface area contributed by atoms with E-state index in [0.717, 1.165) is 40.6 Å². The molecule has 1 aliphatic rings. The molecule has 0 atom stereocenters. The van der Waals surface area contributed by atoms with Gasteiger partial charge >= 0.3 is 0 Å². The number of hydrogen-bond donors (Lipinski definition) is 4. The molecule has 6 rings (SSSR count). The number of likely N-dealkylation sites (N-methyl/N-ethyl adjacent to an activating group) is 1. The quantitative estimate of drug-likeness (QED) is 0.253. The van der Waals surface area contributed by atoms with Crippen molar-refractivity contribution in [3.8, 4) is 16.9 Å². The van der Waals surface area contributed by atoms with E-state index in [1.54, 1.807) is 18.2 Å². The number of amides is 3. The highest BCUT2D eigenvalue weighted by atomic mass is 16.3. The van der Waals surface area contributed by atoms with Crippen LogP contribution in [-0.2, 0) is 0 Å². The number of hydrogen-bond acceptors (Lipinski definition) is 6. The molecule has 3 heterocycles. The Morgan fingerprint density at radius 2 is 1.76 bits per heavy atom. The minimum absolute atomic E-state index is 0.0303. The Hall–Kier alpha value is -5.22. The molecule has 5 N–H and O–H groups in total. The van der Waals surface area contributed by atoms with E-state index in [4.69, 9.17) is 5.73 Å². The SMILES string of the molecule is Cc1c(NC(=O)c2ncccc2O)cccc1-c1ccc(C(N)=O)c2[nH]c3cc(C(=O)N4CCN(C)CC4)ccc3c12. The molecule has 1 aliphatic heterocycles. The van der Waals surface area contributed by atoms with E-state index in [1.165, 1.54) is 12.3 Å². The predicted octanol–water partition coefficient (Wildman–Crippen LogP) is 4.14. The maximum absolute atomic E-state index is 13.3. The Morgan fingerprint density at radius 1 is 0.976 bits per heavy atom. The lowest BCUT2D eigenvalue weighted by Gasteiger charge is -2.32. The Balaban J connectivity index is 1.44. The number of nitrogens with zero attached hydrogens (tertiary/aromatic N) is 3. The Morgan fingerprint density at radius 3 is 2.50 bits per heavy atom. The van der Waals surface area contributed by atoms with Crippen LogP contribution >= 0.6 is 0 Å². The van der Waals surface area contributed by atoms with Crippen LogP contribution in [0, 0.1) is 6.92 Å². The number of nitrogens with two attached hydrogens (primary N) is 1. The fraction of sp³-hybridized carbons (Fsp3) is 0.188. The molecule has 42 heavy (non-hydrogen) atoms. The number of carbonyl (C=O) groups excluding carboxylic acids is 3. The lowest BCUT2D eigenvalue weighted by Crippen LogP contribution is -2.47. The van der Waals surface area contributed by atoms with Gasteiger partial charge in [-0.15, -0.1) is 0 Å². The van der Waals surface area contributed by atoms with Crippen molar-refractivity contribution in [1.29, 1.82) is 0 Å². The van der Waals surface area contributed by atoms with Crippen molar-refractivity contribution in [2.45, 2.75) is 6.92 Å². The van der Waals surface area contributed by atoms with Crippen LogP contribution in [0.4, 0.5) is 5.69 Å². The van der Waals surface area contributed by atoms with Crippen LogP contribution in [0.15, 0.2) is 66.9 Å². The summed E-state index contributed by atoms with van der Waals surface area (Å²) < 4.78 is 0. The van der Waals surface area contributed by atoms with E-state index < -0.39 is 11.8 Å². The summed E-state index contributed by atoms with van der Waals surface area (Å²) in [5.41, 5.74) is 10.9. The first kappa shape index (κ1) is 27.0. The number of anilines is 1. The van der Waals surface area contributed by atoms with Crippen LogP contribution in [-0.4, -0.2) is 75.8 Å². The van der Waals surface area contributed by atoms with Crippen molar-refractivity contribution in [3.05, 3.63) is 89.2 Å². The number of nitrogens with one attached hydrogen (secondary N) is 2. The van der Waals surface area contributed by atoms with Gasteiger partial charge in [0.05, 0.1) is 11.1 Å². The van der Waals surface area contributed by atoms with Gasteiger partial charge in [0.25, 0.3) is 17.7 Å². The number of aromatic hydroxyl groups is 1. The summed E-state index contributed by atoms with van der Waals surface area (Å²) in [5, 5.41) is 14.6. The molecule has 1 fully saturated rings. The van der Waals surface area contributed by atoms with Crippen molar-refractivity contribution >= 4 is 45.2 Å². The van der Waals surface area contributed by atoms with Crippen LogP contribution < -0.4 is 11.1 Å². The molecule has 0 unspecified atom stereocenters. The van der Waals surface area contributed by atoms with E-state index >= 15 is 0 Å². The fourth-order valence-electron chi connectivity index (χ4n) is 5.58. The van der Waals surface area contributed by atoms with E-state index in [0.29, 0.717) is 40.9 Å². The van der Waals surface area contributed by atoms with Crippen LogP contribution in [0.2, 0.25) is 0 Å². The zero-order valence-corrected chi connectivity index (χ0v) is 23.3. The van der Waals surface area contributed by atoms with E-state index in [9.17, 15) is 19.5 Å². The number of H-pyrrole nitrogens is 1. The van der Waals surface area contributed by atoms with Gasteiger partial charge in [-0.2, -0.15) is 0 Å². The van der Waals surface area contributed by atoms with E-state index in [1.807, 2.05) is 55.3 Å². The van der Waals surface area contributed by atoms with Crippen molar-refractivity contribution in [2.24, 2.45) is 5.73 Å². The molecule has 0 saturated carbocycles. The van der Waals surface area contributed by atoms with Crippen LogP contribution in [0.5, 0.6) is 5.75 Å². The second-order valence-corrected chi connectivity index (χ2v) is 10.6. The Kier molecular flexibility index (Phi) is 6.83. The zero-order chi connectivity index (χ0) is 29.5. The molecule has 0 spiro atoms. The van der Waals surface area contributed by atoms with Gasteiger partial charge in [0.2, 0.25) is 0 Å². The number of carbonyl (C=O) groups is 3. The Labute approximate surface area is 241 Å². The van der Waals surface area contributed by atoms with Crippen LogP contribution in [0.3, 0.4) is 0 Å². The third kappa shape index (κ3) is 4.71. The average molecular weight is 563 g/mol. The molecule has 0 aliphatic carbocycles. The summed E-state index contributed by atoms with van der Waals surface area (Å²) >= 11 is 0. The van der Waals surface area contributed by atoms with Gasteiger partial charge in [-0.1, -0.05) is 24.3 Å². The summed E-state index contributed by atoms with van der Waals surface area (Å²) in [6.45, 7) is 4.88. The summed E-state index contributed by atoms with van der Waals surface area (Å²) in [4.78, 5) is 50.0. The first-order chi connectivity index (χ1) is 20.2. The number of aromatic amines is 1. The number of benzene rings is 3. The topological polar surface area (TPSA) is 145 Å². The second-order valence-electron chi connectivity index (χ2n) is 10.6. The van der Waals surface area contributed by atoms with Crippen molar-refractivity contribution < 1.29 is 19.5 Å². The number of aromatic nitrogens is 2. The van der Waals surface area contributed by atoms with Crippen LogP contribution in [0.1, 0.15) is 36.8 Å². The van der Waals surface area contributed by atoms with E-state index in [-0.39, 0.29) is 17.4 Å². The molecular weight excluding hydrogens is 532 g/mol. The minimum atomic E-state index is -0.570. The number of primary amides is 1. The second kappa shape index (κ2) is 10.6. The summed E-state index contributed by atoms with van der Waals surface area (Å²) in [7, 11) is 2.04. The lowest BCUT2D eigenvalue weighted by molar-refractivity contribution is 0.0664. The maximum atomic E-state index is 13.3. The molecule has 3 aromatic carbocycles. The summed E-state index contributed by atoms with van der Waals surface area (Å²) in [6.07, 6.45) is 1.44. The van der Waals surface area contributed by atoms with Gasteiger partial charge in [0.1, 0.15) is 5.75 Å². The van der Waals surface area contributed by atoms with E-state index in [2.05, 4.69) is 20.2 Å². The number of piperazine rings is 1. The van der Waals surface area contributed by atoms with Gasteiger partial charge in [-0.05, 0) is 67.1 Å². The van der Waals surface area contributed by atoms with Crippen molar-refractivity contribution in [3.63, 3.8) is 0 Å². The lowest BCUT2D eigenvalue weighted by atomic mass is 9.93. The summed E-state index contributed by atoms with van der Waals surface area (Å²) in [6, 6.07) is 17.6. The molecule has 1 saturated heterocycles. The monoisotopic (exact) mass is 562 g/mol. The Bertz CT molecular complexity index is 1890. The molecule has 3 amide bonds. The highest BCUT2D eigenvalue weighted by Crippen LogP contribution is 2.39. The highest BCUT2D eigenvalue weighted by molar-refractivity contribution is 6.20. The number of fused-ring (bicyclic) bond motifs is 3. The maximum Gasteiger partial charge on any atom is 0.278 e. The van der Waals surface area contributed by atoms with Gasteiger partial charge < -0.3 is 30.9 Å². The predicted molar refractivity (Wildman–Crippen MR) is 162 cm³/mol. The molecule has 0 bridgehead atoms.